The Morgan fingerprint density at radius 1 is 1.16 bits per heavy atom. The Hall–Kier alpha value is -3.28. The van der Waals surface area contributed by atoms with Crippen molar-refractivity contribution in [1.29, 1.82) is 0 Å². The summed E-state index contributed by atoms with van der Waals surface area (Å²) in [5, 5.41) is 16.0. The van der Waals surface area contributed by atoms with Crippen molar-refractivity contribution >= 4 is 11.8 Å². The molecule has 1 unspecified atom stereocenters. The molecule has 2 N–H and O–H groups in total. The van der Waals surface area contributed by atoms with Gasteiger partial charge in [-0.1, -0.05) is 35.5 Å². The van der Waals surface area contributed by atoms with E-state index in [1.165, 1.54) is 12.1 Å². The molecule has 1 heterocycles. The second kappa shape index (κ2) is 7.09. The van der Waals surface area contributed by atoms with Gasteiger partial charge in [0.05, 0.1) is 0 Å². The van der Waals surface area contributed by atoms with Gasteiger partial charge in [0.2, 0.25) is 0 Å². The van der Waals surface area contributed by atoms with Crippen LogP contribution >= 0.6 is 0 Å². The Labute approximate surface area is 145 Å². The molecule has 2 aromatic carbocycles. The molecule has 128 valence electrons. The van der Waals surface area contributed by atoms with Crippen LogP contribution in [0.4, 0.5) is 10.5 Å². The van der Waals surface area contributed by atoms with Crippen LogP contribution in [0.5, 0.6) is 5.75 Å². The summed E-state index contributed by atoms with van der Waals surface area (Å²) in [5.74, 6) is 0.549. The highest BCUT2D eigenvalue weighted by molar-refractivity contribution is 5.90. The number of hydrogen-bond acceptors (Lipinski definition) is 5. The van der Waals surface area contributed by atoms with Gasteiger partial charge in [-0.2, -0.15) is 0 Å². The molecule has 0 aliphatic heterocycles. The molecular weight excluding hydrogens is 320 g/mol. The zero-order valence-electron chi connectivity index (χ0n) is 13.9. The van der Waals surface area contributed by atoms with E-state index in [2.05, 4.69) is 10.5 Å². The topological polar surface area (TPSA) is 84.6 Å². The van der Waals surface area contributed by atoms with Crippen LogP contribution < -0.4 is 5.32 Å². The molecule has 0 aliphatic carbocycles. The van der Waals surface area contributed by atoms with E-state index in [4.69, 9.17) is 9.26 Å². The number of hydrogen-bond donors (Lipinski definition) is 2. The van der Waals surface area contributed by atoms with Crippen LogP contribution in [-0.4, -0.2) is 16.4 Å². The van der Waals surface area contributed by atoms with E-state index in [0.29, 0.717) is 22.7 Å². The monoisotopic (exact) mass is 338 g/mol. The second-order valence-corrected chi connectivity index (χ2v) is 5.60. The molecule has 0 radical (unpaired) electrons. The maximum atomic E-state index is 12.2. The minimum Gasteiger partial charge on any atom is -0.508 e. The van der Waals surface area contributed by atoms with Gasteiger partial charge in [0.15, 0.2) is 5.76 Å². The fourth-order valence-electron chi connectivity index (χ4n) is 2.41. The predicted molar refractivity (Wildman–Crippen MR) is 93.3 cm³/mol. The number of ether oxygens (including phenoxy) is 1. The number of aromatic nitrogens is 1. The van der Waals surface area contributed by atoms with Gasteiger partial charge in [-0.05, 0) is 43.7 Å². The van der Waals surface area contributed by atoms with Gasteiger partial charge >= 0.3 is 6.09 Å². The molecule has 0 aliphatic rings. The summed E-state index contributed by atoms with van der Waals surface area (Å²) in [7, 11) is 0. The van der Waals surface area contributed by atoms with Crippen molar-refractivity contribution in [2.45, 2.75) is 20.0 Å². The van der Waals surface area contributed by atoms with Crippen LogP contribution in [-0.2, 0) is 4.74 Å². The number of carbonyl (C=O) groups excluding carboxylic acids is 1. The van der Waals surface area contributed by atoms with E-state index < -0.39 is 12.2 Å². The van der Waals surface area contributed by atoms with Crippen molar-refractivity contribution in [1.82, 2.24) is 5.16 Å². The lowest BCUT2D eigenvalue weighted by Gasteiger charge is -2.14. The Morgan fingerprint density at radius 3 is 2.52 bits per heavy atom. The van der Waals surface area contributed by atoms with Crippen LogP contribution in [0, 0.1) is 6.92 Å². The first kappa shape index (κ1) is 16.6. The van der Waals surface area contributed by atoms with Gasteiger partial charge in [0.1, 0.15) is 23.2 Å². The van der Waals surface area contributed by atoms with E-state index in [0.717, 1.165) is 5.56 Å². The van der Waals surface area contributed by atoms with Crippen molar-refractivity contribution < 1.29 is 19.2 Å². The van der Waals surface area contributed by atoms with Crippen LogP contribution in [0.25, 0.3) is 11.3 Å². The maximum absolute atomic E-state index is 12.2. The SMILES string of the molecule is Cc1noc(-c2ccc(O)cc2)c1NC(=O)OC(C)c1ccccc1. The summed E-state index contributed by atoms with van der Waals surface area (Å²) in [6, 6.07) is 15.9. The standard InChI is InChI=1S/C19H18N2O4/c1-12-17(18(25-21-12)15-8-10-16(22)11-9-15)20-19(23)24-13(2)14-6-4-3-5-7-14/h3-11,13,22H,1-2H3,(H,20,23). The molecular formula is C19H18N2O4. The lowest BCUT2D eigenvalue weighted by Crippen LogP contribution is -2.16. The van der Waals surface area contributed by atoms with Crippen molar-refractivity contribution in [2.75, 3.05) is 5.32 Å². The van der Waals surface area contributed by atoms with Crippen LogP contribution in [0.15, 0.2) is 59.1 Å². The Morgan fingerprint density at radius 2 is 1.84 bits per heavy atom. The van der Waals surface area contributed by atoms with Crippen molar-refractivity contribution in [3.05, 3.63) is 65.9 Å². The number of phenols is 1. The molecule has 0 saturated heterocycles. The van der Waals surface area contributed by atoms with E-state index in [1.807, 2.05) is 30.3 Å². The average molecular weight is 338 g/mol. The predicted octanol–water partition coefficient (Wildman–Crippen LogP) is 4.67. The van der Waals surface area contributed by atoms with Gasteiger partial charge in [-0.25, -0.2) is 4.79 Å². The normalized spacial score (nSPS) is 11.8. The van der Waals surface area contributed by atoms with Crippen molar-refractivity contribution in [3.8, 4) is 17.1 Å². The highest BCUT2D eigenvalue weighted by Crippen LogP contribution is 2.32. The number of aromatic hydroxyl groups is 1. The highest BCUT2D eigenvalue weighted by Gasteiger charge is 2.19. The molecule has 1 aromatic heterocycles. The third kappa shape index (κ3) is 3.80. The summed E-state index contributed by atoms with van der Waals surface area (Å²) >= 11 is 0. The van der Waals surface area contributed by atoms with Crippen molar-refractivity contribution in [2.24, 2.45) is 0 Å². The van der Waals surface area contributed by atoms with Gasteiger partial charge in [0, 0.05) is 5.56 Å². The number of phenolic OH excluding ortho intramolecular Hbond substituents is 1. The van der Waals surface area contributed by atoms with Gasteiger partial charge in [0.25, 0.3) is 0 Å². The van der Waals surface area contributed by atoms with Gasteiger partial charge in [-0.15, -0.1) is 0 Å². The lowest BCUT2D eigenvalue weighted by molar-refractivity contribution is 0.121. The number of rotatable bonds is 4. The van der Waals surface area contributed by atoms with E-state index in [-0.39, 0.29) is 5.75 Å². The number of nitrogens with one attached hydrogen (secondary N) is 1. The average Bonchev–Trinajstić information content (AvgIpc) is 2.97. The highest BCUT2D eigenvalue weighted by atomic mass is 16.6. The van der Waals surface area contributed by atoms with Crippen molar-refractivity contribution in [3.63, 3.8) is 0 Å². The van der Waals surface area contributed by atoms with Crippen LogP contribution in [0.1, 0.15) is 24.3 Å². The second-order valence-electron chi connectivity index (χ2n) is 5.60. The maximum Gasteiger partial charge on any atom is 0.412 e. The minimum atomic E-state index is -0.595. The zero-order valence-corrected chi connectivity index (χ0v) is 13.9. The molecule has 0 spiro atoms. The number of aryl methyl sites for hydroxylation is 1. The summed E-state index contributed by atoms with van der Waals surface area (Å²) in [4.78, 5) is 12.2. The fraction of sp³-hybridized carbons (Fsp3) is 0.158. The van der Waals surface area contributed by atoms with Crippen LogP contribution in [0.3, 0.4) is 0 Å². The molecule has 0 saturated carbocycles. The fourth-order valence-corrected chi connectivity index (χ4v) is 2.41. The molecule has 3 rings (SSSR count). The summed E-state index contributed by atoms with van der Waals surface area (Å²) < 4.78 is 10.7. The number of benzene rings is 2. The lowest BCUT2D eigenvalue weighted by atomic mass is 10.1. The number of carbonyl (C=O) groups is 1. The first-order valence-electron chi connectivity index (χ1n) is 7.83. The first-order valence-corrected chi connectivity index (χ1v) is 7.83. The molecule has 25 heavy (non-hydrogen) atoms. The zero-order chi connectivity index (χ0) is 17.8. The Balaban J connectivity index is 1.75. The quantitative estimate of drug-likeness (QED) is 0.722. The smallest absolute Gasteiger partial charge is 0.412 e. The minimum absolute atomic E-state index is 0.144. The number of amides is 1. The van der Waals surface area contributed by atoms with E-state index >= 15 is 0 Å². The summed E-state index contributed by atoms with van der Waals surface area (Å²) in [6.45, 7) is 3.53. The van der Waals surface area contributed by atoms with Gasteiger partial charge in [-0.3, -0.25) is 5.32 Å². The van der Waals surface area contributed by atoms with Crippen LogP contribution in [0.2, 0.25) is 0 Å². The molecule has 6 heteroatoms. The third-order valence-electron chi connectivity index (χ3n) is 3.77. The number of nitrogens with zero attached hydrogens (tertiary/aromatic N) is 1. The molecule has 1 atom stereocenters. The summed E-state index contributed by atoms with van der Waals surface area (Å²) in [6.07, 6.45) is -0.985. The molecule has 1 amide bonds. The summed E-state index contributed by atoms with van der Waals surface area (Å²) in [5.41, 5.74) is 2.56. The molecule has 0 fully saturated rings. The van der Waals surface area contributed by atoms with Gasteiger partial charge < -0.3 is 14.4 Å². The molecule has 3 aromatic rings. The largest absolute Gasteiger partial charge is 0.508 e. The van der Waals surface area contributed by atoms with E-state index in [9.17, 15) is 9.90 Å². The molecule has 6 nitrogen and oxygen atoms in total. The molecule has 0 bridgehead atoms. The Kier molecular flexibility index (Phi) is 4.70. The number of anilines is 1. The first-order chi connectivity index (χ1) is 12.0. The third-order valence-corrected chi connectivity index (χ3v) is 3.77. The Bertz CT molecular complexity index is 857. The van der Waals surface area contributed by atoms with E-state index in [1.54, 1.807) is 26.0 Å².